The van der Waals surface area contributed by atoms with E-state index in [1.807, 2.05) is 6.92 Å². The molecule has 0 bridgehead atoms. The van der Waals surface area contributed by atoms with Crippen LogP contribution in [0.1, 0.15) is 29.3 Å². The molecule has 34 heavy (non-hydrogen) atoms. The predicted octanol–water partition coefficient (Wildman–Crippen LogP) is 4.78. The fourth-order valence-electron chi connectivity index (χ4n) is 2.79. The first-order valence-corrected chi connectivity index (χ1v) is 12.5. The van der Waals surface area contributed by atoms with Crippen molar-refractivity contribution in [2.24, 2.45) is 5.10 Å². The van der Waals surface area contributed by atoms with Crippen molar-refractivity contribution in [3.8, 4) is 17.2 Å². The zero-order chi connectivity index (χ0) is 24.6. The Bertz CT molecular complexity index is 1280. The molecular formula is C24H23BrN2O6S. The van der Waals surface area contributed by atoms with Crippen molar-refractivity contribution >= 4 is 38.2 Å². The summed E-state index contributed by atoms with van der Waals surface area (Å²) in [4.78, 5) is 12.5. The van der Waals surface area contributed by atoms with Gasteiger partial charge in [0.25, 0.3) is 5.91 Å². The van der Waals surface area contributed by atoms with Crippen molar-refractivity contribution in [2.75, 3.05) is 13.7 Å². The summed E-state index contributed by atoms with van der Waals surface area (Å²) in [6, 6.07) is 17.4. The predicted molar refractivity (Wildman–Crippen MR) is 132 cm³/mol. The second kappa shape index (κ2) is 11.7. The Kier molecular flexibility index (Phi) is 8.67. The van der Waals surface area contributed by atoms with E-state index in [1.165, 1.54) is 31.5 Å². The minimum atomic E-state index is -3.96. The van der Waals surface area contributed by atoms with Crippen LogP contribution in [0.4, 0.5) is 0 Å². The Morgan fingerprint density at radius 3 is 2.44 bits per heavy atom. The summed E-state index contributed by atoms with van der Waals surface area (Å²) in [6.07, 6.45) is 2.28. The molecule has 10 heteroatoms. The Balaban J connectivity index is 1.65. The van der Waals surface area contributed by atoms with E-state index < -0.39 is 16.0 Å². The maximum absolute atomic E-state index is 12.4. The molecule has 0 saturated heterocycles. The van der Waals surface area contributed by atoms with Crippen LogP contribution in [-0.4, -0.2) is 34.3 Å². The monoisotopic (exact) mass is 546 g/mol. The van der Waals surface area contributed by atoms with Crippen LogP contribution in [0, 0.1) is 0 Å². The van der Waals surface area contributed by atoms with Crippen LogP contribution in [0.3, 0.4) is 0 Å². The number of carbonyl (C=O) groups is 1. The van der Waals surface area contributed by atoms with Gasteiger partial charge in [-0.1, -0.05) is 25.1 Å². The molecule has 3 rings (SSSR count). The summed E-state index contributed by atoms with van der Waals surface area (Å²) in [7, 11) is -2.46. The van der Waals surface area contributed by atoms with Crippen LogP contribution < -0.4 is 19.1 Å². The molecule has 0 aromatic heterocycles. The number of rotatable bonds is 10. The van der Waals surface area contributed by atoms with E-state index in [1.54, 1.807) is 48.5 Å². The van der Waals surface area contributed by atoms with Gasteiger partial charge in [0.15, 0.2) is 17.2 Å². The molecule has 0 unspecified atom stereocenters. The summed E-state index contributed by atoms with van der Waals surface area (Å²) in [6.45, 7) is 2.54. The molecule has 0 fully saturated rings. The molecular weight excluding hydrogens is 524 g/mol. The van der Waals surface area contributed by atoms with E-state index in [9.17, 15) is 13.2 Å². The van der Waals surface area contributed by atoms with E-state index >= 15 is 0 Å². The van der Waals surface area contributed by atoms with Crippen LogP contribution in [0.25, 0.3) is 0 Å². The molecule has 0 radical (unpaired) electrons. The van der Waals surface area contributed by atoms with E-state index in [0.29, 0.717) is 33.7 Å². The summed E-state index contributed by atoms with van der Waals surface area (Å²) in [5.74, 6) is 0.716. The lowest BCUT2D eigenvalue weighted by Crippen LogP contribution is -2.17. The van der Waals surface area contributed by atoms with Crippen molar-refractivity contribution in [3.05, 3.63) is 82.3 Å². The number of ether oxygens (including phenoxy) is 2. The van der Waals surface area contributed by atoms with Gasteiger partial charge in [-0.2, -0.15) is 13.5 Å². The zero-order valence-electron chi connectivity index (χ0n) is 18.5. The highest BCUT2D eigenvalue weighted by atomic mass is 79.9. The lowest BCUT2D eigenvalue weighted by Gasteiger charge is -2.11. The number of methoxy groups -OCH3 is 1. The van der Waals surface area contributed by atoms with Crippen molar-refractivity contribution in [2.45, 2.75) is 18.2 Å². The molecule has 0 saturated carbocycles. The van der Waals surface area contributed by atoms with Crippen LogP contribution in [0.2, 0.25) is 0 Å². The van der Waals surface area contributed by atoms with Crippen molar-refractivity contribution in [1.29, 1.82) is 0 Å². The summed E-state index contributed by atoms with van der Waals surface area (Å²) in [5, 5.41) is 3.96. The number of hydrogen-bond donors (Lipinski definition) is 1. The normalized spacial score (nSPS) is 11.3. The number of hydrazone groups is 1. The average molecular weight is 547 g/mol. The first kappa shape index (κ1) is 25.3. The Hall–Kier alpha value is -3.37. The summed E-state index contributed by atoms with van der Waals surface area (Å²) < 4.78 is 41.3. The third-order valence-electron chi connectivity index (χ3n) is 4.45. The number of nitrogens with zero attached hydrogens (tertiary/aromatic N) is 1. The fourth-order valence-corrected chi connectivity index (χ4v) is 4.34. The Morgan fingerprint density at radius 2 is 1.76 bits per heavy atom. The molecule has 0 heterocycles. The van der Waals surface area contributed by atoms with Gasteiger partial charge in [-0.25, -0.2) is 5.43 Å². The molecule has 8 nitrogen and oxygen atoms in total. The molecule has 0 aliphatic rings. The lowest BCUT2D eigenvalue weighted by molar-refractivity contribution is 0.0954. The van der Waals surface area contributed by atoms with Gasteiger partial charge in [-0.3, -0.25) is 4.79 Å². The van der Waals surface area contributed by atoms with E-state index in [2.05, 4.69) is 26.5 Å². The number of carbonyl (C=O) groups excluding carboxylic acids is 1. The minimum absolute atomic E-state index is 0.0526. The second-order valence-corrected chi connectivity index (χ2v) is 9.35. The molecule has 1 N–H and O–H groups in total. The van der Waals surface area contributed by atoms with Crippen LogP contribution in [0.5, 0.6) is 17.2 Å². The summed E-state index contributed by atoms with van der Waals surface area (Å²) >= 11 is 3.31. The SMILES string of the molecule is CCCOc1ccc(C(=O)N/N=C/c2ccc(OS(=O)(=O)c3ccccc3)c(Br)c2)cc1OC. The highest BCUT2D eigenvalue weighted by Gasteiger charge is 2.17. The van der Waals surface area contributed by atoms with Gasteiger partial charge >= 0.3 is 10.1 Å². The number of nitrogens with one attached hydrogen (secondary N) is 1. The molecule has 3 aromatic rings. The smallest absolute Gasteiger partial charge is 0.339 e. The van der Waals surface area contributed by atoms with Gasteiger partial charge in [0.2, 0.25) is 0 Å². The number of halogens is 1. The quantitative estimate of drug-likeness (QED) is 0.223. The Morgan fingerprint density at radius 1 is 1.03 bits per heavy atom. The highest BCUT2D eigenvalue weighted by molar-refractivity contribution is 9.10. The first-order chi connectivity index (χ1) is 16.3. The number of hydrogen-bond acceptors (Lipinski definition) is 7. The fraction of sp³-hybridized carbons (Fsp3) is 0.167. The number of benzene rings is 3. The first-order valence-electron chi connectivity index (χ1n) is 10.3. The van der Waals surface area contributed by atoms with Gasteiger partial charge in [0.1, 0.15) is 4.90 Å². The van der Waals surface area contributed by atoms with Crippen LogP contribution >= 0.6 is 15.9 Å². The van der Waals surface area contributed by atoms with Gasteiger partial charge in [0.05, 0.1) is 24.4 Å². The lowest BCUT2D eigenvalue weighted by atomic mass is 10.2. The standard InChI is InChI=1S/C24H23BrN2O6S/c1-3-13-32-22-12-10-18(15-23(22)31-2)24(28)27-26-16-17-9-11-21(20(25)14-17)33-34(29,30)19-7-5-4-6-8-19/h4-12,14-16H,3,13H2,1-2H3,(H,27,28)/b26-16+. The van der Waals surface area contributed by atoms with Crippen molar-refractivity contribution in [3.63, 3.8) is 0 Å². The molecule has 178 valence electrons. The molecule has 0 aliphatic heterocycles. The molecule has 0 spiro atoms. The molecule has 3 aromatic carbocycles. The second-order valence-electron chi connectivity index (χ2n) is 6.95. The summed E-state index contributed by atoms with van der Waals surface area (Å²) in [5.41, 5.74) is 3.41. The number of amides is 1. The zero-order valence-corrected chi connectivity index (χ0v) is 20.9. The van der Waals surface area contributed by atoms with Gasteiger partial charge in [-0.15, -0.1) is 0 Å². The molecule has 1 amide bonds. The van der Waals surface area contributed by atoms with Crippen LogP contribution in [-0.2, 0) is 10.1 Å². The maximum Gasteiger partial charge on any atom is 0.339 e. The topological polar surface area (TPSA) is 103 Å². The third kappa shape index (κ3) is 6.58. The third-order valence-corrected chi connectivity index (χ3v) is 6.32. The van der Waals surface area contributed by atoms with Gasteiger partial charge in [-0.05, 0) is 76.4 Å². The average Bonchev–Trinajstić information content (AvgIpc) is 2.84. The van der Waals surface area contributed by atoms with Crippen molar-refractivity contribution in [1.82, 2.24) is 5.43 Å². The van der Waals surface area contributed by atoms with E-state index in [0.717, 1.165) is 6.42 Å². The molecule has 0 atom stereocenters. The van der Waals surface area contributed by atoms with E-state index in [4.69, 9.17) is 13.7 Å². The Labute approximate surface area is 206 Å². The maximum atomic E-state index is 12.4. The molecule has 0 aliphatic carbocycles. The largest absolute Gasteiger partial charge is 0.493 e. The van der Waals surface area contributed by atoms with E-state index in [-0.39, 0.29) is 10.6 Å². The van der Waals surface area contributed by atoms with Crippen molar-refractivity contribution < 1.29 is 26.9 Å². The minimum Gasteiger partial charge on any atom is -0.493 e. The van der Waals surface area contributed by atoms with Gasteiger partial charge < -0.3 is 13.7 Å². The highest BCUT2D eigenvalue weighted by Crippen LogP contribution is 2.29. The van der Waals surface area contributed by atoms with Gasteiger partial charge in [0, 0.05) is 5.56 Å². The van der Waals surface area contributed by atoms with Crippen LogP contribution in [0.15, 0.2) is 81.2 Å².